The number of likely N-dealkylation sites (N-methyl/N-ethyl adjacent to an activating group) is 1. The number of aromatic nitrogens is 2. The van der Waals surface area contributed by atoms with E-state index in [1.165, 1.54) is 30.6 Å². The van der Waals surface area contributed by atoms with Crippen LogP contribution >= 0.6 is 0 Å². The van der Waals surface area contributed by atoms with Crippen LogP contribution in [0.3, 0.4) is 0 Å². The molecule has 0 saturated carbocycles. The second kappa shape index (κ2) is 10.5. The molecule has 0 spiro atoms. The van der Waals surface area contributed by atoms with Crippen molar-refractivity contribution in [2.24, 2.45) is 0 Å². The lowest BCUT2D eigenvalue weighted by Crippen LogP contribution is -2.41. The Bertz CT molecular complexity index is 1230. The number of nitrogens with zero attached hydrogens (tertiary/aromatic N) is 3. The first-order valence-corrected chi connectivity index (χ1v) is 11.4. The Labute approximate surface area is 205 Å². The van der Waals surface area contributed by atoms with E-state index in [9.17, 15) is 22.4 Å². The quantitative estimate of drug-likeness (QED) is 0.460. The number of rotatable bonds is 6. The summed E-state index contributed by atoms with van der Waals surface area (Å²) in [4.78, 5) is 23.0. The fraction of sp³-hybridized carbons (Fsp3) is 0.320. The summed E-state index contributed by atoms with van der Waals surface area (Å²) in [6, 6.07) is 6.67. The van der Waals surface area contributed by atoms with Crippen LogP contribution in [0.25, 0.3) is 11.1 Å². The van der Waals surface area contributed by atoms with Crippen LogP contribution in [0.15, 0.2) is 48.8 Å². The number of hydrogen-bond acceptors (Lipinski definition) is 6. The molecule has 2 heterocycles. The summed E-state index contributed by atoms with van der Waals surface area (Å²) in [7, 11) is 0. The van der Waals surface area contributed by atoms with Gasteiger partial charge in [0.25, 0.3) is 5.91 Å². The molecule has 1 saturated heterocycles. The summed E-state index contributed by atoms with van der Waals surface area (Å²) in [6.07, 6.45) is -0.447. The molecular formula is C25H25F4N5O2. The molecule has 1 aliphatic heterocycles. The number of carbonyl (C=O) groups excluding carboxylic acids is 1. The van der Waals surface area contributed by atoms with E-state index in [0.717, 1.165) is 44.1 Å². The molecule has 1 fully saturated rings. The lowest BCUT2D eigenvalue weighted by Gasteiger charge is -2.32. The molecule has 1 amide bonds. The van der Waals surface area contributed by atoms with Crippen LogP contribution in [0, 0.1) is 5.82 Å². The topological polar surface area (TPSA) is 93.4 Å². The molecule has 0 bridgehead atoms. The van der Waals surface area contributed by atoms with E-state index < -0.39 is 23.5 Å². The summed E-state index contributed by atoms with van der Waals surface area (Å²) in [5.74, 6) is -1.62. The molecule has 190 valence electrons. The normalized spacial score (nSPS) is 16.5. The van der Waals surface area contributed by atoms with Gasteiger partial charge < -0.3 is 15.8 Å². The number of likely N-dealkylation sites (tertiary alicyclic amines) is 1. The molecular weight excluding hydrogens is 478 g/mol. The van der Waals surface area contributed by atoms with E-state index in [4.69, 9.17) is 10.5 Å². The van der Waals surface area contributed by atoms with Gasteiger partial charge in [0.15, 0.2) is 0 Å². The van der Waals surface area contributed by atoms with Crippen LogP contribution in [0.1, 0.15) is 35.7 Å². The van der Waals surface area contributed by atoms with Crippen molar-refractivity contribution < 1.29 is 27.1 Å². The van der Waals surface area contributed by atoms with Crippen LogP contribution in [0.5, 0.6) is 5.75 Å². The van der Waals surface area contributed by atoms with Gasteiger partial charge in [0.1, 0.15) is 17.7 Å². The number of alkyl halides is 3. The largest absolute Gasteiger partial charge is 0.487 e. The predicted octanol–water partition coefficient (Wildman–Crippen LogP) is 5.00. The van der Waals surface area contributed by atoms with Crippen LogP contribution in [0.4, 0.5) is 29.2 Å². The first kappa shape index (κ1) is 25.4. The number of hydrogen-bond donors (Lipinski definition) is 2. The Balaban J connectivity index is 1.63. The zero-order valence-corrected chi connectivity index (χ0v) is 19.5. The average Bonchev–Trinajstić information content (AvgIpc) is 2.85. The Hall–Kier alpha value is -3.73. The van der Waals surface area contributed by atoms with Gasteiger partial charge in [-0.25, -0.2) is 14.4 Å². The van der Waals surface area contributed by atoms with Gasteiger partial charge in [-0.15, -0.1) is 0 Å². The third-order valence-corrected chi connectivity index (χ3v) is 5.97. The third-order valence-electron chi connectivity index (χ3n) is 5.97. The SMILES string of the molecule is CCN1CCC[C@@H](Oc2ccc(C(F)(F)F)cc2NC(=O)c2cc(-c3cnc(N)nc3)ccc2F)C1. The number of anilines is 2. The third kappa shape index (κ3) is 5.91. The van der Waals surface area contributed by atoms with E-state index in [2.05, 4.69) is 20.2 Å². The molecule has 1 aliphatic rings. The molecule has 1 atom stereocenters. The summed E-state index contributed by atoms with van der Waals surface area (Å²) in [5, 5.41) is 2.41. The Morgan fingerprint density at radius 2 is 1.92 bits per heavy atom. The number of amides is 1. The molecule has 1 aromatic heterocycles. The van der Waals surface area contributed by atoms with E-state index in [0.29, 0.717) is 17.7 Å². The van der Waals surface area contributed by atoms with Gasteiger partial charge >= 0.3 is 6.18 Å². The van der Waals surface area contributed by atoms with Crippen LogP contribution in [-0.4, -0.2) is 46.5 Å². The fourth-order valence-electron chi connectivity index (χ4n) is 4.04. The number of carbonyl (C=O) groups is 1. The molecule has 7 nitrogen and oxygen atoms in total. The molecule has 36 heavy (non-hydrogen) atoms. The van der Waals surface area contributed by atoms with Gasteiger partial charge in [0.2, 0.25) is 5.95 Å². The summed E-state index contributed by atoms with van der Waals surface area (Å²) < 4.78 is 60.8. The van der Waals surface area contributed by atoms with Gasteiger partial charge in [0, 0.05) is 24.5 Å². The highest BCUT2D eigenvalue weighted by Crippen LogP contribution is 2.36. The highest BCUT2D eigenvalue weighted by Gasteiger charge is 2.32. The van der Waals surface area contributed by atoms with Crippen molar-refractivity contribution in [2.45, 2.75) is 32.0 Å². The monoisotopic (exact) mass is 503 g/mol. The Morgan fingerprint density at radius 3 is 2.61 bits per heavy atom. The van der Waals surface area contributed by atoms with Crippen molar-refractivity contribution in [3.05, 3.63) is 65.7 Å². The van der Waals surface area contributed by atoms with Crippen molar-refractivity contribution in [2.75, 3.05) is 30.7 Å². The van der Waals surface area contributed by atoms with Crippen LogP contribution in [-0.2, 0) is 6.18 Å². The number of nitrogens with one attached hydrogen (secondary N) is 1. The minimum atomic E-state index is -4.64. The smallest absolute Gasteiger partial charge is 0.416 e. The molecule has 0 unspecified atom stereocenters. The van der Waals surface area contributed by atoms with Crippen LogP contribution in [0.2, 0.25) is 0 Å². The lowest BCUT2D eigenvalue weighted by molar-refractivity contribution is -0.137. The number of nitrogens with two attached hydrogens (primary N) is 1. The minimum Gasteiger partial charge on any atom is -0.487 e. The fourth-order valence-corrected chi connectivity index (χ4v) is 4.04. The predicted molar refractivity (Wildman–Crippen MR) is 127 cm³/mol. The standard InChI is InChI=1S/C25H25F4N5O2/c1-2-34-9-3-4-18(14-34)36-22-8-6-17(25(27,28)29)11-21(22)33-23(35)19-10-15(5-7-20(19)26)16-12-31-24(30)32-13-16/h5-8,10-13,18H,2-4,9,14H2,1H3,(H,33,35)(H2,30,31,32)/t18-/m1/s1. The minimum absolute atomic E-state index is 0.0518. The maximum atomic E-state index is 14.6. The van der Waals surface area contributed by atoms with Crippen molar-refractivity contribution in [1.82, 2.24) is 14.9 Å². The maximum Gasteiger partial charge on any atom is 0.416 e. The Morgan fingerprint density at radius 1 is 1.17 bits per heavy atom. The van der Waals surface area contributed by atoms with E-state index in [1.807, 2.05) is 6.92 Å². The highest BCUT2D eigenvalue weighted by molar-refractivity contribution is 6.06. The Kier molecular flexibility index (Phi) is 7.39. The molecule has 0 radical (unpaired) electrons. The first-order valence-electron chi connectivity index (χ1n) is 11.4. The van der Waals surface area contributed by atoms with Crippen molar-refractivity contribution in [3.8, 4) is 16.9 Å². The van der Waals surface area contributed by atoms with E-state index in [-0.39, 0.29) is 29.1 Å². The number of ether oxygens (including phenoxy) is 1. The first-order chi connectivity index (χ1) is 17.1. The van der Waals surface area contributed by atoms with Gasteiger partial charge in [-0.1, -0.05) is 13.0 Å². The lowest BCUT2D eigenvalue weighted by atomic mass is 10.0. The average molecular weight is 504 g/mol. The molecule has 2 aromatic carbocycles. The second-order valence-electron chi connectivity index (χ2n) is 8.46. The zero-order valence-electron chi connectivity index (χ0n) is 19.5. The maximum absolute atomic E-state index is 14.6. The summed E-state index contributed by atoms with van der Waals surface area (Å²) in [5.41, 5.74) is 4.90. The van der Waals surface area contributed by atoms with Crippen molar-refractivity contribution in [3.63, 3.8) is 0 Å². The molecule has 3 aromatic rings. The summed E-state index contributed by atoms with van der Waals surface area (Å²) in [6.45, 7) is 4.38. The van der Waals surface area contributed by atoms with Crippen LogP contribution < -0.4 is 15.8 Å². The van der Waals surface area contributed by atoms with E-state index in [1.54, 1.807) is 0 Å². The molecule has 11 heteroatoms. The molecule has 0 aliphatic carbocycles. The molecule has 3 N–H and O–H groups in total. The second-order valence-corrected chi connectivity index (χ2v) is 8.46. The van der Waals surface area contributed by atoms with E-state index >= 15 is 0 Å². The van der Waals surface area contributed by atoms with Crippen molar-refractivity contribution >= 4 is 17.5 Å². The number of nitrogen functional groups attached to an aromatic ring is 1. The number of benzene rings is 2. The van der Waals surface area contributed by atoms with Gasteiger partial charge in [0.05, 0.1) is 16.8 Å². The molecule has 4 rings (SSSR count). The number of halogens is 4. The summed E-state index contributed by atoms with van der Waals surface area (Å²) >= 11 is 0. The highest BCUT2D eigenvalue weighted by atomic mass is 19.4. The van der Waals surface area contributed by atoms with Gasteiger partial charge in [-0.3, -0.25) is 9.69 Å². The zero-order chi connectivity index (χ0) is 25.9. The van der Waals surface area contributed by atoms with Crippen molar-refractivity contribution in [1.29, 1.82) is 0 Å². The van der Waals surface area contributed by atoms with Gasteiger partial charge in [-0.05, 0) is 61.8 Å². The van der Waals surface area contributed by atoms with Gasteiger partial charge in [-0.2, -0.15) is 13.2 Å². The number of piperidine rings is 1.